The average Bonchev–Trinajstić information content (AvgIpc) is 3.25. The van der Waals surface area contributed by atoms with E-state index in [2.05, 4.69) is 46.0 Å². The normalized spacial score (nSPS) is 19.0. The van der Waals surface area contributed by atoms with Gasteiger partial charge in [0.2, 0.25) is 0 Å². The Hall–Kier alpha value is -3.23. The number of aryl methyl sites for hydroxylation is 1. The Balaban J connectivity index is 1.53. The van der Waals surface area contributed by atoms with Crippen molar-refractivity contribution in [3.05, 3.63) is 59.3 Å². The maximum absolute atomic E-state index is 13.4. The largest absolute Gasteiger partial charge is 0.497 e. The highest BCUT2D eigenvalue weighted by Crippen LogP contribution is 2.50. The molecule has 8 heteroatoms. The van der Waals surface area contributed by atoms with E-state index < -0.39 is 6.04 Å². The number of carbonyl (C=O) groups excluding carboxylic acids is 1. The molecule has 2 aliphatic heterocycles. The van der Waals surface area contributed by atoms with Crippen molar-refractivity contribution >= 4 is 16.9 Å². The third-order valence-electron chi connectivity index (χ3n) is 8.46. The number of ether oxygens (including phenoxy) is 2. The van der Waals surface area contributed by atoms with Crippen LogP contribution in [0.25, 0.3) is 10.9 Å². The maximum Gasteiger partial charge on any atom is 0.318 e. The highest BCUT2D eigenvalue weighted by atomic mass is 16.5. The van der Waals surface area contributed by atoms with Crippen molar-refractivity contribution in [2.24, 2.45) is 7.05 Å². The van der Waals surface area contributed by atoms with Gasteiger partial charge in [-0.1, -0.05) is 19.1 Å². The minimum absolute atomic E-state index is 0.0995. The highest BCUT2D eigenvalue weighted by molar-refractivity contribution is 5.89. The SMILES string of the molecule is CCCNC(=O)N1CC2(CCN(Cc3cccc(OC)c3)CC2)c2c(n(C)c3cc(OC)ccc23)[C@H]1CO. The van der Waals surface area contributed by atoms with Gasteiger partial charge in [-0.15, -0.1) is 0 Å². The van der Waals surface area contributed by atoms with Gasteiger partial charge >= 0.3 is 6.03 Å². The monoisotopic (exact) mass is 520 g/mol. The van der Waals surface area contributed by atoms with Gasteiger partial charge in [0.15, 0.2) is 0 Å². The van der Waals surface area contributed by atoms with Gasteiger partial charge in [-0.05, 0) is 67.7 Å². The summed E-state index contributed by atoms with van der Waals surface area (Å²) in [6, 6.07) is 14.0. The number of piperidine rings is 1. The van der Waals surface area contributed by atoms with Crippen LogP contribution in [0, 0.1) is 0 Å². The van der Waals surface area contributed by atoms with E-state index in [1.165, 1.54) is 16.5 Å². The van der Waals surface area contributed by atoms with Crippen molar-refractivity contribution < 1.29 is 19.4 Å². The smallest absolute Gasteiger partial charge is 0.318 e. The van der Waals surface area contributed by atoms with Gasteiger partial charge in [-0.2, -0.15) is 0 Å². The molecule has 1 aromatic heterocycles. The van der Waals surface area contributed by atoms with Gasteiger partial charge in [0.05, 0.1) is 32.4 Å². The van der Waals surface area contributed by atoms with E-state index in [9.17, 15) is 9.90 Å². The van der Waals surface area contributed by atoms with E-state index in [-0.39, 0.29) is 18.1 Å². The number of aromatic nitrogens is 1. The number of carbonyl (C=O) groups is 1. The van der Waals surface area contributed by atoms with Gasteiger partial charge in [-0.3, -0.25) is 4.90 Å². The number of rotatable bonds is 7. The number of aliphatic hydroxyl groups is 1. The van der Waals surface area contributed by atoms with Crippen LogP contribution in [0.5, 0.6) is 11.5 Å². The lowest BCUT2D eigenvalue weighted by Gasteiger charge is -2.50. The van der Waals surface area contributed by atoms with Crippen molar-refractivity contribution in [3.63, 3.8) is 0 Å². The minimum atomic E-state index is -0.398. The number of hydrogen-bond donors (Lipinski definition) is 2. The zero-order chi connectivity index (χ0) is 26.9. The zero-order valence-electron chi connectivity index (χ0n) is 23.0. The Morgan fingerprint density at radius 3 is 2.53 bits per heavy atom. The van der Waals surface area contributed by atoms with Crippen LogP contribution in [0.4, 0.5) is 4.79 Å². The summed E-state index contributed by atoms with van der Waals surface area (Å²) in [5, 5.41) is 14.8. The van der Waals surface area contributed by atoms with Crippen molar-refractivity contribution in [2.75, 3.05) is 47.0 Å². The standard InChI is InChI=1S/C30H40N4O4/c1-5-13-31-29(36)34-20-30(11-14-33(15-12-30)18-21-7-6-8-22(16-21)37-3)27-24-10-9-23(38-4)17-25(24)32(2)28(27)26(34)19-35/h6-10,16-17,26,35H,5,11-15,18-20H2,1-4H3,(H,31,36)/t26-/m1/s1. The van der Waals surface area contributed by atoms with Gasteiger partial charge in [0.25, 0.3) is 0 Å². The van der Waals surface area contributed by atoms with Crippen LogP contribution in [0.1, 0.15) is 49.0 Å². The molecule has 2 amide bonds. The van der Waals surface area contributed by atoms with Gasteiger partial charge < -0.3 is 29.4 Å². The molecule has 3 aromatic rings. The molecule has 1 fully saturated rings. The fourth-order valence-corrected chi connectivity index (χ4v) is 6.48. The molecule has 38 heavy (non-hydrogen) atoms. The summed E-state index contributed by atoms with van der Waals surface area (Å²) < 4.78 is 13.1. The number of nitrogens with zero attached hydrogens (tertiary/aromatic N) is 3. The quantitative estimate of drug-likeness (QED) is 0.488. The number of methoxy groups -OCH3 is 2. The molecule has 0 bridgehead atoms. The number of benzene rings is 2. The summed E-state index contributed by atoms with van der Waals surface area (Å²) in [4.78, 5) is 17.8. The Labute approximate surface area is 225 Å². The molecule has 1 atom stereocenters. The Bertz CT molecular complexity index is 1290. The maximum atomic E-state index is 13.4. The Kier molecular flexibility index (Phi) is 7.54. The molecule has 1 spiro atoms. The lowest BCUT2D eigenvalue weighted by molar-refractivity contribution is 0.0647. The molecular formula is C30H40N4O4. The molecule has 204 valence electrons. The summed E-state index contributed by atoms with van der Waals surface area (Å²) in [7, 11) is 5.43. The Morgan fingerprint density at radius 2 is 1.84 bits per heavy atom. The molecule has 5 rings (SSSR count). The molecule has 2 aromatic carbocycles. The summed E-state index contributed by atoms with van der Waals surface area (Å²) in [6.45, 7) is 5.87. The predicted molar refractivity (Wildman–Crippen MR) is 149 cm³/mol. The molecule has 8 nitrogen and oxygen atoms in total. The summed E-state index contributed by atoms with van der Waals surface area (Å²) >= 11 is 0. The van der Waals surface area contributed by atoms with E-state index in [0.29, 0.717) is 13.1 Å². The molecule has 0 unspecified atom stereocenters. The number of fused-ring (bicyclic) bond motifs is 4. The van der Waals surface area contributed by atoms with Crippen LogP contribution in [-0.4, -0.2) is 72.5 Å². The second-order valence-electron chi connectivity index (χ2n) is 10.7. The van der Waals surface area contributed by atoms with E-state index >= 15 is 0 Å². The first-order valence-corrected chi connectivity index (χ1v) is 13.6. The van der Waals surface area contributed by atoms with Gasteiger partial charge in [0.1, 0.15) is 11.5 Å². The third-order valence-corrected chi connectivity index (χ3v) is 8.46. The van der Waals surface area contributed by atoms with Crippen LogP contribution in [-0.2, 0) is 19.0 Å². The van der Waals surface area contributed by atoms with Crippen LogP contribution in [0.3, 0.4) is 0 Å². The fourth-order valence-electron chi connectivity index (χ4n) is 6.48. The van der Waals surface area contributed by atoms with E-state index in [1.807, 2.05) is 30.1 Å². The summed E-state index contributed by atoms with van der Waals surface area (Å²) in [5.74, 6) is 1.68. The van der Waals surface area contributed by atoms with Crippen molar-refractivity contribution in [1.82, 2.24) is 19.7 Å². The molecule has 0 aliphatic carbocycles. The fraction of sp³-hybridized carbons (Fsp3) is 0.500. The van der Waals surface area contributed by atoms with Crippen molar-refractivity contribution in [1.29, 1.82) is 0 Å². The third kappa shape index (κ3) is 4.60. The van der Waals surface area contributed by atoms with Gasteiger partial charge in [0, 0.05) is 49.2 Å². The number of hydrogen-bond acceptors (Lipinski definition) is 5. The van der Waals surface area contributed by atoms with Gasteiger partial charge in [-0.25, -0.2) is 4.79 Å². The van der Waals surface area contributed by atoms with Crippen molar-refractivity contribution in [2.45, 2.75) is 44.2 Å². The molecule has 3 heterocycles. The number of likely N-dealkylation sites (tertiary alicyclic amines) is 1. The number of amides is 2. The topological polar surface area (TPSA) is 79.2 Å². The van der Waals surface area contributed by atoms with Crippen LogP contribution in [0.15, 0.2) is 42.5 Å². The Morgan fingerprint density at radius 1 is 1.11 bits per heavy atom. The lowest BCUT2D eigenvalue weighted by Crippen LogP contribution is -2.57. The minimum Gasteiger partial charge on any atom is -0.497 e. The first kappa shape index (κ1) is 26.4. The van der Waals surface area contributed by atoms with E-state index in [1.54, 1.807) is 14.2 Å². The van der Waals surface area contributed by atoms with Crippen LogP contribution >= 0.6 is 0 Å². The van der Waals surface area contributed by atoms with Crippen LogP contribution in [0.2, 0.25) is 0 Å². The number of urea groups is 1. The average molecular weight is 521 g/mol. The second-order valence-corrected chi connectivity index (χ2v) is 10.7. The molecule has 2 N–H and O–H groups in total. The number of nitrogens with one attached hydrogen (secondary N) is 1. The summed E-state index contributed by atoms with van der Waals surface area (Å²) in [5.41, 5.74) is 4.44. The van der Waals surface area contributed by atoms with Crippen LogP contribution < -0.4 is 14.8 Å². The molecule has 2 aliphatic rings. The molecule has 0 radical (unpaired) electrons. The van der Waals surface area contributed by atoms with Crippen molar-refractivity contribution in [3.8, 4) is 11.5 Å². The first-order chi connectivity index (χ1) is 18.4. The molecule has 1 saturated heterocycles. The first-order valence-electron chi connectivity index (χ1n) is 13.6. The molecule has 0 saturated carbocycles. The predicted octanol–water partition coefficient (Wildman–Crippen LogP) is 4.20. The number of aliphatic hydroxyl groups excluding tert-OH is 1. The second kappa shape index (κ2) is 10.9. The lowest BCUT2D eigenvalue weighted by atomic mass is 9.68. The highest BCUT2D eigenvalue weighted by Gasteiger charge is 2.49. The zero-order valence-corrected chi connectivity index (χ0v) is 23.0. The summed E-state index contributed by atoms with van der Waals surface area (Å²) in [6.07, 6.45) is 2.74. The molecular weight excluding hydrogens is 480 g/mol. The van der Waals surface area contributed by atoms with E-state index in [0.717, 1.165) is 61.6 Å². The van der Waals surface area contributed by atoms with E-state index in [4.69, 9.17) is 9.47 Å².